The maximum atomic E-state index is 13.1. The largest absolute Gasteiger partial charge is 0.417 e. The molecule has 3 heterocycles. The van der Waals surface area contributed by atoms with Gasteiger partial charge in [-0.15, -0.1) is 11.3 Å². The van der Waals surface area contributed by atoms with Crippen LogP contribution >= 0.6 is 22.9 Å². The number of nitrogen functional groups attached to an aromatic ring is 1. The van der Waals surface area contributed by atoms with E-state index in [9.17, 15) is 22.8 Å². The Hall–Kier alpha value is -3.17. The topological polar surface area (TPSA) is 135 Å². The van der Waals surface area contributed by atoms with Gasteiger partial charge in [-0.3, -0.25) is 14.5 Å². The number of morpholine rings is 1. The summed E-state index contributed by atoms with van der Waals surface area (Å²) >= 11 is 6.68. The third-order valence-electron chi connectivity index (χ3n) is 6.35. The number of Topliss-reactive ketones (excluding diaryl/α,β-unsaturated/α-hetero) is 1. The van der Waals surface area contributed by atoms with Gasteiger partial charge in [0.1, 0.15) is 22.7 Å². The number of alkyl halides is 3. The van der Waals surface area contributed by atoms with Crippen molar-refractivity contribution in [1.29, 1.82) is 0 Å². The molecule has 0 radical (unpaired) electrons. The van der Waals surface area contributed by atoms with E-state index in [-0.39, 0.29) is 40.7 Å². The number of hydrogen-bond acceptors (Lipinski definition) is 10. The van der Waals surface area contributed by atoms with Gasteiger partial charge in [-0.2, -0.15) is 13.2 Å². The first-order chi connectivity index (χ1) is 19.6. The van der Waals surface area contributed by atoms with Gasteiger partial charge in [0.25, 0.3) is 5.91 Å². The average Bonchev–Trinajstić information content (AvgIpc) is 3.42. The van der Waals surface area contributed by atoms with E-state index >= 15 is 0 Å². The number of nitrogens with zero attached hydrogens (tertiary/aromatic N) is 4. The fourth-order valence-electron chi connectivity index (χ4n) is 4.19. The number of carbonyl (C=O) groups is 2. The highest BCUT2D eigenvalue weighted by Gasteiger charge is 2.33. The molecule has 0 aliphatic carbocycles. The number of amides is 1. The van der Waals surface area contributed by atoms with Crippen molar-refractivity contribution in [3.8, 4) is 0 Å². The summed E-state index contributed by atoms with van der Waals surface area (Å²) in [6.45, 7) is 5.38. The first-order valence-corrected chi connectivity index (χ1v) is 14.1. The summed E-state index contributed by atoms with van der Waals surface area (Å²) in [5, 5.41) is 5.78. The number of rotatable bonds is 12. The molecular weight excluding hydrogens is 583 g/mol. The van der Waals surface area contributed by atoms with E-state index in [0.717, 1.165) is 69.3 Å². The van der Waals surface area contributed by atoms with Gasteiger partial charge in [-0.25, -0.2) is 15.0 Å². The van der Waals surface area contributed by atoms with E-state index in [1.165, 1.54) is 18.6 Å². The smallest absolute Gasteiger partial charge is 0.383 e. The van der Waals surface area contributed by atoms with E-state index in [1.54, 1.807) is 0 Å². The van der Waals surface area contributed by atoms with Gasteiger partial charge >= 0.3 is 6.18 Å². The van der Waals surface area contributed by atoms with Crippen LogP contribution in [0.1, 0.15) is 49.1 Å². The van der Waals surface area contributed by atoms with Crippen LogP contribution in [0.25, 0.3) is 0 Å². The van der Waals surface area contributed by atoms with Gasteiger partial charge in [-0.05, 0) is 37.7 Å². The molecule has 2 aromatic heterocycles. The molecule has 1 amide bonds. The van der Waals surface area contributed by atoms with Crippen LogP contribution in [0.5, 0.6) is 0 Å². The zero-order valence-electron chi connectivity index (χ0n) is 22.0. The molecule has 0 spiro atoms. The Morgan fingerprint density at radius 2 is 1.95 bits per heavy atom. The lowest BCUT2D eigenvalue weighted by atomic mass is 10.1. The second-order valence-electron chi connectivity index (χ2n) is 9.26. The number of halogens is 4. The number of aryl methyl sites for hydroxylation is 1. The Balaban J connectivity index is 1.29. The molecule has 15 heteroatoms. The molecule has 41 heavy (non-hydrogen) atoms. The Labute approximate surface area is 243 Å². The van der Waals surface area contributed by atoms with Gasteiger partial charge in [0, 0.05) is 43.7 Å². The maximum absolute atomic E-state index is 13.1. The summed E-state index contributed by atoms with van der Waals surface area (Å²) in [5.74, 6) is -0.638. The molecule has 4 rings (SSSR count). The fourth-order valence-corrected chi connectivity index (χ4v) is 5.23. The second-order valence-corrected chi connectivity index (χ2v) is 10.8. The molecule has 10 nitrogen and oxygen atoms in total. The number of thiazole rings is 1. The van der Waals surface area contributed by atoms with E-state index < -0.39 is 22.7 Å². The second kappa shape index (κ2) is 14.1. The number of hydrogen-bond donors (Lipinski definition) is 3. The Bertz CT molecular complexity index is 1370. The highest BCUT2D eigenvalue weighted by molar-refractivity contribution is 7.13. The van der Waals surface area contributed by atoms with Crippen LogP contribution in [0.3, 0.4) is 0 Å². The van der Waals surface area contributed by atoms with Gasteiger partial charge < -0.3 is 21.1 Å². The SMILES string of the molecule is Nc1ncnc(C(=O)CCc2ncc(C(=O)Nc3ccc(Cl)c(C(F)(F)F)c3)s2)c1CNCCCN1CCOCC1. The zero-order chi connectivity index (χ0) is 29.4. The monoisotopic (exact) mass is 611 g/mol. The van der Waals surface area contributed by atoms with Crippen molar-refractivity contribution in [3.05, 3.63) is 62.5 Å². The number of benzene rings is 1. The number of ether oxygens (including phenoxy) is 1. The first kappa shape index (κ1) is 30.8. The minimum Gasteiger partial charge on any atom is -0.383 e. The lowest BCUT2D eigenvalue weighted by Gasteiger charge is -2.26. The molecule has 0 unspecified atom stereocenters. The van der Waals surface area contributed by atoms with Crippen molar-refractivity contribution in [2.75, 3.05) is 50.4 Å². The van der Waals surface area contributed by atoms with Crippen LogP contribution in [0.2, 0.25) is 5.02 Å². The number of nitrogens with two attached hydrogens (primary N) is 1. The predicted molar refractivity (Wildman–Crippen MR) is 149 cm³/mol. The Morgan fingerprint density at radius 3 is 2.71 bits per heavy atom. The van der Waals surface area contributed by atoms with Crippen molar-refractivity contribution in [2.45, 2.75) is 32.0 Å². The molecule has 1 aromatic carbocycles. The normalized spacial score (nSPS) is 14.2. The van der Waals surface area contributed by atoms with Crippen LogP contribution in [-0.2, 0) is 23.9 Å². The quantitative estimate of drug-likeness (QED) is 0.205. The average molecular weight is 612 g/mol. The highest BCUT2D eigenvalue weighted by atomic mass is 35.5. The zero-order valence-corrected chi connectivity index (χ0v) is 23.5. The van der Waals surface area contributed by atoms with Crippen molar-refractivity contribution in [1.82, 2.24) is 25.2 Å². The third kappa shape index (κ3) is 8.66. The number of ketones is 1. The summed E-state index contributed by atoms with van der Waals surface area (Å²) in [6.07, 6.45) is -0.853. The maximum Gasteiger partial charge on any atom is 0.417 e. The van der Waals surface area contributed by atoms with Crippen molar-refractivity contribution < 1.29 is 27.5 Å². The van der Waals surface area contributed by atoms with E-state index in [0.29, 0.717) is 17.1 Å². The molecule has 0 bridgehead atoms. The van der Waals surface area contributed by atoms with Crippen LogP contribution in [0, 0.1) is 0 Å². The predicted octanol–water partition coefficient (Wildman–Crippen LogP) is 4.07. The highest BCUT2D eigenvalue weighted by Crippen LogP contribution is 2.36. The molecule has 0 saturated carbocycles. The van der Waals surface area contributed by atoms with Gasteiger partial charge in [0.05, 0.1) is 35.0 Å². The Morgan fingerprint density at radius 1 is 1.17 bits per heavy atom. The van der Waals surface area contributed by atoms with Crippen LogP contribution < -0.4 is 16.4 Å². The summed E-state index contributed by atoms with van der Waals surface area (Å²) < 4.78 is 44.7. The molecule has 1 aliphatic heterocycles. The third-order valence-corrected chi connectivity index (χ3v) is 7.73. The number of anilines is 2. The molecule has 0 atom stereocenters. The first-order valence-electron chi connectivity index (χ1n) is 12.9. The van der Waals surface area contributed by atoms with Crippen molar-refractivity contribution >= 4 is 46.1 Å². The van der Waals surface area contributed by atoms with Gasteiger partial charge in [0.2, 0.25) is 0 Å². The summed E-state index contributed by atoms with van der Waals surface area (Å²) in [7, 11) is 0. The van der Waals surface area contributed by atoms with Crippen LogP contribution in [-0.4, -0.2) is 70.9 Å². The Kier molecular flexibility index (Phi) is 10.6. The van der Waals surface area contributed by atoms with Gasteiger partial charge in [0.15, 0.2) is 5.78 Å². The van der Waals surface area contributed by atoms with Gasteiger partial charge in [-0.1, -0.05) is 11.6 Å². The van der Waals surface area contributed by atoms with E-state index in [4.69, 9.17) is 22.1 Å². The number of aromatic nitrogens is 3. The molecule has 220 valence electrons. The summed E-state index contributed by atoms with van der Waals surface area (Å²) in [6, 6.07) is 3.11. The fraction of sp³-hybridized carbons (Fsp3) is 0.423. The summed E-state index contributed by atoms with van der Waals surface area (Å²) in [4.78, 5) is 40.5. The molecule has 3 aromatic rings. The van der Waals surface area contributed by atoms with E-state index in [1.807, 2.05) is 0 Å². The minimum absolute atomic E-state index is 0.0552. The molecule has 1 fully saturated rings. The van der Waals surface area contributed by atoms with Crippen molar-refractivity contribution in [2.24, 2.45) is 0 Å². The number of nitrogens with one attached hydrogen (secondary N) is 2. The van der Waals surface area contributed by atoms with E-state index in [2.05, 4.69) is 30.5 Å². The van der Waals surface area contributed by atoms with Crippen LogP contribution in [0.15, 0.2) is 30.7 Å². The molecule has 1 aliphatic rings. The summed E-state index contributed by atoms with van der Waals surface area (Å²) in [5.41, 5.74) is 5.71. The molecular formula is C26H29ClF3N7O3S. The lowest BCUT2D eigenvalue weighted by Crippen LogP contribution is -2.37. The van der Waals surface area contributed by atoms with Crippen LogP contribution in [0.4, 0.5) is 24.7 Å². The number of carbonyl (C=O) groups excluding carboxylic acids is 2. The molecule has 4 N–H and O–H groups in total. The van der Waals surface area contributed by atoms with Crippen molar-refractivity contribution in [3.63, 3.8) is 0 Å². The standard InChI is InChI=1S/C26H29ClF3N7O3S/c27-19-3-2-16(12-18(19)26(28,29)30)36-25(39)21-14-33-22(41-21)5-4-20(38)23-17(24(31)35-15-34-23)13-32-6-1-7-37-8-10-40-11-9-37/h2-3,12,14-15,32H,1,4-11,13H2,(H,36,39)(H2,31,34,35). The molecule has 1 saturated heterocycles. The minimum atomic E-state index is -4.66. The lowest BCUT2D eigenvalue weighted by molar-refractivity contribution is -0.137.